The van der Waals surface area contributed by atoms with E-state index in [0.29, 0.717) is 0 Å². The molecule has 11 aromatic carbocycles. The lowest BCUT2D eigenvalue weighted by Crippen LogP contribution is -2.17. The summed E-state index contributed by atoms with van der Waals surface area (Å²) in [4.78, 5) is 4.91. The van der Waals surface area contributed by atoms with Gasteiger partial charge in [-0.15, -0.1) is 0 Å². The number of unbranched alkanes of at least 4 members (excludes halogenated alkanes) is 1. The second kappa shape index (κ2) is 21.3. The Kier molecular flexibility index (Phi) is 13.5. The minimum Gasteiger partial charge on any atom is -0.308 e. The lowest BCUT2D eigenvalue weighted by molar-refractivity contribution is 0.795. The van der Waals surface area contributed by atoms with Crippen molar-refractivity contribution in [3.05, 3.63) is 291 Å². The number of hydrogen-bond donors (Lipinski definition) is 0. The maximum Gasteiger partial charge on any atom is 0.0709 e. The molecule has 0 spiro atoms. The molecular formula is C70H56N2. The first-order chi connectivity index (χ1) is 35.7. The van der Waals surface area contributed by atoms with Gasteiger partial charge in [0, 0.05) is 22.7 Å². The summed E-state index contributed by atoms with van der Waals surface area (Å²) >= 11 is 0. The number of anilines is 6. The van der Waals surface area contributed by atoms with Crippen LogP contribution in [-0.2, 0) is 6.42 Å². The minimum absolute atomic E-state index is 1.04. The molecule has 0 unspecified atom stereocenters. The normalized spacial score (nSPS) is 11.0. The van der Waals surface area contributed by atoms with Crippen molar-refractivity contribution in [3.63, 3.8) is 0 Å². The standard InChI is InChI=1S/C70H56N2/c1-2-3-19-52-30-32-62(33-31-52)68-51-70(72(65-46-38-59(39-47-65)55-24-13-6-14-25-55)66-48-40-60(41-49-66)56-26-15-7-16-27-56)69(50-67(68)61-28-17-8-18-29-61)71(63-42-34-57(35-43-63)53-20-9-4-10-21-53)64-44-36-58(37-45-64)54-22-11-5-12-23-54/h4-18,20-51H,2-3,19H2,1H3. The highest BCUT2D eigenvalue weighted by Crippen LogP contribution is 2.51. The van der Waals surface area contributed by atoms with Gasteiger partial charge in [-0.1, -0.05) is 238 Å². The molecule has 0 saturated heterocycles. The van der Waals surface area contributed by atoms with Crippen LogP contribution < -0.4 is 9.80 Å². The molecular weight excluding hydrogens is 869 g/mol. The summed E-state index contributed by atoms with van der Waals surface area (Å²) in [6.07, 6.45) is 3.40. The highest BCUT2D eigenvalue weighted by atomic mass is 15.2. The molecule has 0 bridgehead atoms. The number of rotatable bonds is 15. The van der Waals surface area contributed by atoms with Crippen molar-refractivity contribution in [1.29, 1.82) is 0 Å². The van der Waals surface area contributed by atoms with Crippen molar-refractivity contribution in [3.8, 4) is 66.8 Å². The summed E-state index contributed by atoms with van der Waals surface area (Å²) in [5, 5.41) is 0. The van der Waals surface area contributed by atoms with E-state index in [4.69, 9.17) is 0 Å². The topological polar surface area (TPSA) is 6.48 Å². The molecule has 0 aliphatic heterocycles. The van der Waals surface area contributed by atoms with Gasteiger partial charge in [-0.25, -0.2) is 0 Å². The molecule has 0 aromatic heterocycles. The highest BCUT2D eigenvalue weighted by molar-refractivity contribution is 5.99. The molecule has 11 aromatic rings. The molecule has 11 rings (SSSR count). The zero-order valence-electron chi connectivity index (χ0n) is 40.7. The molecule has 72 heavy (non-hydrogen) atoms. The van der Waals surface area contributed by atoms with Gasteiger partial charge in [0.1, 0.15) is 0 Å². The monoisotopic (exact) mass is 924 g/mol. The lowest BCUT2D eigenvalue weighted by atomic mass is 9.91. The van der Waals surface area contributed by atoms with Gasteiger partial charge in [0.2, 0.25) is 0 Å². The predicted octanol–water partition coefficient (Wildman–Crippen LogP) is 20.0. The summed E-state index contributed by atoms with van der Waals surface area (Å²) in [5.41, 5.74) is 21.7. The molecule has 0 saturated carbocycles. The predicted molar refractivity (Wildman–Crippen MR) is 307 cm³/mol. The third-order valence-corrected chi connectivity index (χ3v) is 13.7. The quantitative estimate of drug-likeness (QED) is 0.101. The minimum atomic E-state index is 1.04. The summed E-state index contributed by atoms with van der Waals surface area (Å²) in [6, 6.07) is 104. The average Bonchev–Trinajstić information content (AvgIpc) is 3.47. The number of benzene rings is 11. The van der Waals surface area contributed by atoms with E-state index in [2.05, 4.69) is 302 Å². The van der Waals surface area contributed by atoms with Crippen LogP contribution in [0.4, 0.5) is 34.1 Å². The van der Waals surface area contributed by atoms with Crippen molar-refractivity contribution in [2.75, 3.05) is 9.80 Å². The second-order valence-electron chi connectivity index (χ2n) is 18.4. The number of hydrogen-bond acceptors (Lipinski definition) is 2. The lowest BCUT2D eigenvalue weighted by Gasteiger charge is -2.35. The highest BCUT2D eigenvalue weighted by Gasteiger charge is 2.26. The molecule has 2 heteroatoms. The molecule has 0 radical (unpaired) electrons. The van der Waals surface area contributed by atoms with Gasteiger partial charge in [-0.05, 0) is 146 Å². The molecule has 0 N–H and O–H groups in total. The van der Waals surface area contributed by atoms with Crippen molar-refractivity contribution in [1.82, 2.24) is 0 Å². The van der Waals surface area contributed by atoms with Crippen LogP contribution in [0.5, 0.6) is 0 Å². The number of aryl methyl sites for hydroxylation is 1. The fraction of sp³-hybridized carbons (Fsp3) is 0.0571. The second-order valence-corrected chi connectivity index (χ2v) is 18.4. The Bertz CT molecular complexity index is 3300. The first-order valence-electron chi connectivity index (χ1n) is 25.2. The van der Waals surface area contributed by atoms with Crippen LogP contribution in [0.2, 0.25) is 0 Å². The van der Waals surface area contributed by atoms with E-state index >= 15 is 0 Å². The summed E-state index contributed by atoms with van der Waals surface area (Å²) < 4.78 is 0. The Labute approximate surface area is 425 Å². The van der Waals surface area contributed by atoms with Crippen LogP contribution in [0, 0.1) is 0 Å². The first-order valence-corrected chi connectivity index (χ1v) is 25.2. The smallest absolute Gasteiger partial charge is 0.0709 e. The zero-order chi connectivity index (χ0) is 48.5. The Morgan fingerprint density at radius 3 is 0.764 bits per heavy atom. The maximum atomic E-state index is 2.45. The van der Waals surface area contributed by atoms with E-state index in [0.717, 1.165) is 57.2 Å². The van der Waals surface area contributed by atoms with Gasteiger partial charge in [0.25, 0.3) is 0 Å². The Morgan fingerprint density at radius 1 is 0.250 bits per heavy atom. The van der Waals surface area contributed by atoms with E-state index in [1.165, 1.54) is 68.5 Å². The van der Waals surface area contributed by atoms with Crippen LogP contribution in [0.3, 0.4) is 0 Å². The summed E-state index contributed by atoms with van der Waals surface area (Å²) in [5.74, 6) is 0. The van der Waals surface area contributed by atoms with E-state index in [1.807, 2.05) is 0 Å². The fourth-order valence-corrected chi connectivity index (χ4v) is 9.85. The van der Waals surface area contributed by atoms with Crippen molar-refractivity contribution in [2.45, 2.75) is 26.2 Å². The Balaban J connectivity index is 1.19. The van der Waals surface area contributed by atoms with Crippen LogP contribution >= 0.6 is 0 Å². The third-order valence-electron chi connectivity index (χ3n) is 13.7. The molecule has 0 heterocycles. The van der Waals surface area contributed by atoms with E-state index in [9.17, 15) is 0 Å². The van der Waals surface area contributed by atoms with Crippen molar-refractivity contribution in [2.24, 2.45) is 0 Å². The zero-order valence-corrected chi connectivity index (χ0v) is 40.7. The van der Waals surface area contributed by atoms with Gasteiger partial charge in [-0.3, -0.25) is 0 Å². The van der Waals surface area contributed by atoms with Gasteiger partial charge in [0.05, 0.1) is 11.4 Å². The first kappa shape index (κ1) is 45.5. The van der Waals surface area contributed by atoms with Crippen LogP contribution in [0.1, 0.15) is 25.3 Å². The number of nitrogens with zero attached hydrogens (tertiary/aromatic N) is 2. The van der Waals surface area contributed by atoms with E-state index in [-0.39, 0.29) is 0 Å². The maximum absolute atomic E-state index is 2.45. The van der Waals surface area contributed by atoms with Crippen LogP contribution in [0.15, 0.2) is 285 Å². The molecule has 0 amide bonds. The summed E-state index contributed by atoms with van der Waals surface area (Å²) in [7, 11) is 0. The summed E-state index contributed by atoms with van der Waals surface area (Å²) in [6.45, 7) is 2.26. The van der Waals surface area contributed by atoms with Gasteiger partial charge < -0.3 is 9.80 Å². The molecule has 2 nitrogen and oxygen atoms in total. The fourth-order valence-electron chi connectivity index (χ4n) is 9.85. The SMILES string of the molecule is CCCCc1ccc(-c2cc(N(c3ccc(-c4ccccc4)cc3)c3ccc(-c4ccccc4)cc3)c(N(c3ccc(-c4ccccc4)cc3)c3ccc(-c4ccccc4)cc3)cc2-c2ccccc2)cc1. The van der Waals surface area contributed by atoms with Crippen LogP contribution in [0.25, 0.3) is 66.8 Å². The Morgan fingerprint density at radius 2 is 0.486 bits per heavy atom. The molecule has 0 aliphatic rings. The molecule has 0 atom stereocenters. The average molecular weight is 925 g/mol. The van der Waals surface area contributed by atoms with Gasteiger partial charge in [0.15, 0.2) is 0 Å². The third kappa shape index (κ3) is 9.90. The molecule has 346 valence electrons. The van der Waals surface area contributed by atoms with Crippen molar-refractivity contribution >= 4 is 34.1 Å². The van der Waals surface area contributed by atoms with Crippen LogP contribution in [-0.4, -0.2) is 0 Å². The van der Waals surface area contributed by atoms with E-state index < -0.39 is 0 Å². The van der Waals surface area contributed by atoms with Crippen molar-refractivity contribution < 1.29 is 0 Å². The Hall–Kier alpha value is -8.98. The molecule has 0 aliphatic carbocycles. The van der Waals surface area contributed by atoms with Gasteiger partial charge >= 0.3 is 0 Å². The largest absolute Gasteiger partial charge is 0.308 e. The molecule has 0 fully saturated rings. The van der Waals surface area contributed by atoms with E-state index in [1.54, 1.807) is 0 Å². The van der Waals surface area contributed by atoms with Gasteiger partial charge in [-0.2, -0.15) is 0 Å².